The van der Waals surface area contributed by atoms with Crippen LogP contribution in [0.1, 0.15) is 18.2 Å². The molecule has 0 atom stereocenters. The lowest BCUT2D eigenvalue weighted by atomic mass is 10.1. The molecule has 0 radical (unpaired) electrons. The number of pyridine rings is 1. The van der Waals surface area contributed by atoms with Gasteiger partial charge in [0.15, 0.2) is 0 Å². The van der Waals surface area contributed by atoms with Crippen LogP contribution >= 0.6 is 11.3 Å². The SMILES string of the molecule is CCn1c(=O)[nH]c2c(sc3nc(C)cc(C)c32)c1=O. The largest absolute Gasteiger partial charge is 0.328 e. The van der Waals surface area contributed by atoms with Crippen molar-refractivity contribution < 1.29 is 0 Å². The molecule has 3 rings (SSSR count). The fourth-order valence-corrected chi connectivity index (χ4v) is 3.59. The lowest BCUT2D eigenvalue weighted by molar-refractivity contribution is 0.685. The van der Waals surface area contributed by atoms with Gasteiger partial charge in [-0.3, -0.25) is 9.36 Å². The fourth-order valence-electron chi connectivity index (χ4n) is 2.39. The van der Waals surface area contributed by atoms with Crippen LogP contribution in [-0.4, -0.2) is 14.5 Å². The first-order valence-corrected chi connectivity index (χ1v) is 6.88. The summed E-state index contributed by atoms with van der Waals surface area (Å²) >= 11 is 1.34. The molecule has 5 nitrogen and oxygen atoms in total. The molecule has 1 N–H and O–H groups in total. The van der Waals surface area contributed by atoms with E-state index >= 15 is 0 Å². The Bertz CT molecular complexity index is 917. The summed E-state index contributed by atoms with van der Waals surface area (Å²) < 4.78 is 1.78. The first kappa shape index (κ1) is 12.1. The molecule has 0 aliphatic rings. The topological polar surface area (TPSA) is 67.8 Å². The third kappa shape index (κ3) is 1.63. The summed E-state index contributed by atoms with van der Waals surface area (Å²) in [5.74, 6) is 0. The second-order valence-corrected chi connectivity index (χ2v) is 5.55. The van der Waals surface area contributed by atoms with Gasteiger partial charge in [0.25, 0.3) is 5.56 Å². The van der Waals surface area contributed by atoms with Crippen molar-refractivity contribution in [1.29, 1.82) is 0 Å². The molecule has 0 spiro atoms. The van der Waals surface area contributed by atoms with Crippen LogP contribution in [0.4, 0.5) is 0 Å². The van der Waals surface area contributed by atoms with Crippen LogP contribution in [0.5, 0.6) is 0 Å². The zero-order chi connectivity index (χ0) is 13.7. The molecule has 0 amide bonds. The van der Waals surface area contributed by atoms with Crippen LogP contribution in [0, 0.1) is 13.8 Å². The lowest BCUT2D eigenvalue weighted by Gasteiger charge is -2.01. The molecule has 3 aromatic rings. The fraction of sp³-hybridized carbons (Fsp3) is 0.308. The molecular weight excluding hydrogens is 262 g/mol. The number of nitrogens with zero attached hydrogens (tertiary/aromatic N) is 2. The van der Waals surface area contributed by atoms with E-state index in [1.807, 2.05) is 19.9 Å². The monoisotopic (exact) mass is 275 g/mol. The summed E-state index contributed by atoms with van der Waals surface area (Å²) in [4.78, 5) is 32.2. The van der Waals surface area contributed by atoms with Crippen molar-refractivity contribution in [3.8, 4) is 0 Å². The van der Waals surface area contributed by atoms with E-state index in [0.29, 0.717) is 16.8 Å². The normalized spacial score (nSPS) is 11.5. The summed E-state index contributed by atoms with van der Waals surface area (Å²) in [6.45, 7) is 6.03. The highest BCUT2D eigenvalue weighted by atomic mass is 32.1. The number of aromatic nitrogens is 3. The predicted molar refractivity (Wildman–Crippen MR) is 77.2 cm³/mol. The number of rotatable bonds is 1. The lowest BCUT2D eigenvalue weighted by Crippen LogP contribution is -2.33. The second-order valence-electron chi connectivity index (χ2n) is 4.55. The Morgan fingerprint density at radius 2 is 2.11 bits per heavy atom. The number of hydrogen-bond acceptors (Lipinski definition) is 4. The van der Waals surface area contributed by atoms with Gasteiger partial charge in [0.05, 0.1) is 5.52 Å². The predicted octanol–water partition coefficient (Wildman–Crippen LogP) is 1.94. The van der Waals surface area contributed by atoms with Gasteiger partial charge in [0, 0.05) is 17.6 Å². The molecule has 0 saturated heterocycles. The Morgan fingerprint density at radius 1 is 1.37 bits per heavy atom. The van der Waals surface area contributed by atoms with Gasteiger partial charge < -0.3 is 4.98 Å². The maximum atomic E-state index is 12.3. The van der Waals surface area contributed by atoms with Crippen molar-refractivity contribution in [3.63, 3.8) is 0 Å². The van der Waals surface area contributed by atoms with Gasteiger partial charge >= 0.3 is 5.69 Å². The van der Waals surface area contributed by atoms with Gasteiger partial charge in [0.1, 0.15) is 9.53 Å². The quantitative estimate of drug-likeness (QED) is 0.738. The summed E-state index contributed by atoms with van der Waals surface area (Å²) in [5, 5.41) is 0.878. The van der Waals surface area contributed by atoms with Crippen molar-refractivity contribution in [2.75, 3.05) is 0 Å². The van der Waals surface area contributed by atoms with Crippen LogP contribution in [0.25, 0.3) is 20.4 Å². The highest BCUT2D eigenvalue weighted by Crippen LogP contribution is 2.31. The van der Waals surface area contributed by atoms with Gasteiger partial charge in [-0.25, -0.2) is 9.78 Å². The van der Waals surface area contributed by atoms with Crippen LogP contribution in [0.3, 0.4) is 0 Å². The van der Waals surface area contributed by atoms with Gasteiger partial charge in [-0.2, -0.15) is 0 Å². The highest BCUT2D eigenvalue weighted by molar-refractivity contribution is 7.25. The number of H-pyrrole nitrogens is 1. The number of fused-ring (bicyclic) bond motifs is 3. The number of thiophene rings is 1. The Balaban J connectivity index is 2.63. The zero-order valence-electron chi connectivity index (χ0n) is 10.9. The summed E-state index contributed by atoms with van der Waals surface area (Å²) in [7, 11) is 0. The molecule has 3 heterocycles. The summed E-state index contributed by atoms with van der Waals surface area (Å²) in [6, 6.07) is 1.96. The molecule has 3 aromatic heterocycles. The van der Waals surface area contributed by atoms with E-state index < -0.39 is 0 Å². The molecule has 0 aromatic carbocycles. The van der Waals surface area contributed by atoms with Gasteiger partial charge in [-0.15, -0.1) is 11.3 Å². The molecule has 0 aliphatic heterocycles. The van der Waals surface area contributed by atoms with E-state index in [1.54, 1.807) is 6.92 Å². The van der Waals surface area contributed by atoms with Crippen molar-refractivity contribution in [2.24, 2.45) is 0 Å². The van der Waals surface area contributed by atoms with E-state index in [1.165, 1.54) is 15.9 Å². The van der Waals surface area contributed by atoms with Gasteiger partial charge in [0.2, 0.25) is 0 Å². The molecular formula is C13H13N3O2S. The number of aryl methyl sites for hydroxylation is 2. The van der Waals surface area contributed by atoms with Crippen LogP contribution < -0.4 is 11.2 Å². The standard InChI is InChI=1S/C13H13N3O2S/c1-4-16-12(17)10-9(15-13(16)18)8-6(2)5-7(3)14-11(8)19-10/h5H,4H2,1-3H3,(H,15,18). The van der Waals surface area contributed by atoms with E-state index in [-0.39, 0.29) is 11.2 Å². The summed E-state index contributed by atoms with van der Waals surface area (Å²) in [6.07, 6.45) is 0. The van der Waals surface area contributed by atoms with Crippen LogP contribution in [0.2, 0.25) is 0 Å². The molecule has 0 saturated carbocycles. The Kier molecular flexibility index (Phi) is 2.56. The third-order valence-electron chi connectivity index (χ3n) is 3.22. The molecule has 98 valence electrons. The van der Waals surface area contributed by atoms with Gasteiger partial charge in [-0.05, 0) is 32.4 Å². The van der Waals surface area contributed by atoms with E-state index in [2.05, 4.69) is 9.97 Å². The minimum atomic E-state index is -0.361. The average Bonchev–Trinajstić information content (AvgIpc) is 2.68. The van der Waals surface area contributed by atoms with Gasteiger partial charge in [-0.1, -0.05) is 0 Å². The second kappa shape index (κ2) is 4.03. The van der Waals surface area contributed by atoms with Crippen molar-refractivity contribution >= 4 is 31.8 Å². The maximum Gasteiger partial charge on any atom is 0.328 e. The molecule has 19 heavy (non-hydrogen) atoms. The van der Waals surface area contributed by atoms with Crippen LogP contribution in [0.15, 0.2) is 15.7 Å². The van der Waals surface area contributed by atoms with Crippen molar-refractivity contribution in [2.45, 2.75) is 27.3 Å². The molecule has 0 bridgehead atoms. The van der Waals surface area contributed by atoms with E-state index in [4.69, 9.17) is 0 Å². The van der Waals surface area contributed by atoms with Crippen molar-refractivity contribution in [1.82, 2.24) is 14.5 Å². The Morgan fingerprint density at radius 3 is 2.79 bits per heavy atom. The highest BCUT2D eigenvalue weighted by Gasteiger charge is 2.15. The molecule has 6 heteroatoms. The van der Waals surface area contributed by atoms with Crippen molar-refractivity contribution in [3.05, 3.63) is 38.2 Å². The van der Waals surface area contributed by atoms with E-state index in [0.717, 1.165) is 21.5 Å². The maximum absolute atomic E-state index is 12.3. The molecule has 0 unspecified atom stereocenters. The molecule has 0 fully saturated rings. The smallest absolute Gasteiger partial charge is 0.305 e. The number of hydrogen-bond donors (Lipinski definition) is 1. The zero-order valence-corrected chi connectivity index (χ0v) is 11.7. The number of nitrogens with one attached hydrogen (secondary N) is 1. The minimum absolute atomic E-state index is 0.235. The first-order chi connectivity index (χ1) is 9.02. The van der Waals surface area contributed by atoms with E-state index in [9.17, 15) is 9.59 Å². The Hall–Kier alpha value is -1.95. The molecule has 0 aliphatic carbocycles. The minimum Gasteiger partial charge on any atom is -0.305 e. The number of aromatic amines is 1. The van der Waals surface area contributed by atoms with Crippen LogP contribution in [-0.2, 0) is 6.54 Å². The third-order valence-corrected chi connectivity index (χ3v) is 4.29. The average molecular weight is 275 g/mol. The summed E-state index contributed by atoms with van der Waals surface area (Å²) in [5.41, 5.74) is 1.96. The Labute approximate surface area is 112 Å². The first-order valence-electron chi connectivity index (χ1n) is 6.06.